The molecule has 1 fully saturated rings. The van der Waals surface area contributed by atoms with E-state index >= 15 is 0 Å². The summed E-state index contributed by atoms with van der Waals surface area (Å²) in [6, 6.07) is 5.33. The fraction of sp³-hybridized carbons (Fsp3) is 0.611. The van der Waals surface area contributed by atoms with Crippen LogP contribution in [-0.2, 0) is 9.53 Å². The number of nitrogens with one attached hydrogen (secondary N) is 1. The molecule has 1 aliphatic heterocycles. The van der Waals surface area contributed by atoms with Gasteiger partial charge < -0.3 is 19.5 Å². The summed E-state index contributed by atoms with van der Waals surface area (Å²) < 4.78 is 16.3. The second-order valence-electron chi connectivity index (χ2n) is 7.07. The Morgan fingerprint density at radius 2 is 2.08 bits per heavy atom. The number of methoxy groups -OCH3 is 2. The number of carbonyl (C=O) groups excluding carboxylic acids is 1. The minimum absolute atomic E-state index is 0.0607. The third-order valence-electron chi connectivity index (χ3n) is 4.16. The van der Waals surface area contributed by atoms with Gasteiger partial charge in [-0.05, 0) is 17.5 Å². The fourth-order valence-corrected chi connectivity index (χ4v) is 2.67. The normalized spacial score (nSPS) is 19.0. The number of benzene rings is 1. The van der Waals surface area contributed by atoms with Crippen molar-refractivity contribution in [2.45, 2.75) is 26.9 Å². The van der Waals surface area contributed by atoms with Crippen LogP contribution in [0.3, 0.4) is 0 Å². The maximum absolute atomic E-state index is 12.4. The molecule has 134 valence electrons. The molecular weight excluding hydrogens is 308 g/mol. The highest BCUT2D eigenvalue weighted by Crippen LogP contribution is 2.29. The Morgan fingerprint density at radius 3 is 2.71 bits per heavy atom. The molecule has 1 heterocycles. The summed E-state index contributed by atoms with van der Waals surface area (Å²) >= 11 is 0. The molecule has 1 unspecified atom stereocenters. The lowest BCUT2D eigenvalue weighted by Crippen LogP contribution is -2.50. The van der Waals surface area contributed by atoms with E-state index in [1.54, 1.807) is 32.4 Å². The minimum atomic E-state index is -0.0730. The van der Waals surface area contributed by atoms with Crippen LogP contribution in [0.1, 0.15) is 20.8 Å². The van der Waals surface area contributed by atoms with Crippen molar-refractivity contribution in [2.75, 3.05) is 45.8 Å². The highest BCUT2D eigenvalue weighted by molar-refractivity contribution is 5.94. The van der Waals surface area contributed by atoms with Gasteiger partial charge in [-0.15, -0.1) is 0 Å². The lowest BCUT2D eigenvalue weighted by molar-refractivity contribution is -0.121. The zero-order valence-corrected chi connectivity index (χ0v) is 15.2. The number of amides is 1. The van der Waals surface area contributed by atoms with E-state index in [4.69, 9.17) is 14.2 Å². The molecule has 1 aliphatic rings. The summed E-state index contributed by atoms with van der Waals surface area (Å²) in [6.07, 6.45) is 0.130. The van der Waals surface area contributed by atoms with Crippen molar-refractivity contribution < 1.29 is 19.0 Å². The molecule has 0 saturated carbocycles. The number of carbonyl (C=O) groups is 1. The molecule has 0 spiro atoms. The van der Waals surface area contributed by atoms with Crippen LogP contribution < -0.4 is 14.8 Å². The first-order valence-corrected chi connectivity index (χ1v) is 8.19. The van der Waals surface area contributed by atoms with Gasteiger partial charge in [0.1, 0.15) is 11.5 Å². The molecule has 0 aliphatic carbocycles. The fourth-order valence-electron chi connectivity index (χ4n) is 2.67. The second-order valence-corrected chi connectivity index (χ2v) is 7.07. The monoisotopic (exact) mass is 336 g/mol. The summed E-state index contributed by atoms with van der Waals surface area (Å²) in [5, 5.41) is 2.91. The van der Waals surface area contributed by atoms with E-state index in [0.717, 1.165) is 13.1 Å². The molecule has 1 aromatic rings. The Kier molecular flexibility index (Phi) is 6.07. The molecule has 6 nitrogen and oxygen atoms in total. The van der Waals surface area contributed by atoms with Crippen LogP contribution in [0.25, 0.3) is 0 Å². The smallest absolute Gasteiger partial charge is 0.238 e. The van der Waals surface area contributed by atoms with Crippen molar-refractivity contribution in [1.82, 2.24) is 4.90 Å². The van der Waals surface area contributed by atoms with Crippen LogP contribution in [0.4, 0.5) is 5.69 Å². The van der Waals surface area contributed by atoms with E-state index in [1.807, 2.05) is 0 Å². The molecule has 0 aromatic heterocycles. The van der Waals surface area contributed by atoms with Crippen LogP contribution in [0.15, 0.2) is 18.2 Å². The van der Waals surface area contributed by atoms with Crippen LogP contribution in [0.2, 0.25) is 0 Å². The van der Waals surface area contributed by atoms with Crippen molar-refractivity contribution >= 4 is 11.6 Å². The average Bonchev–Trinajstić information content (AvgIpc) is 2.54. The number of hydrogen-bond acceptors (Lipinski definition) is 5. The number of hydrogen-bond donors (Lipinski definition) is 1. The highest BCUT2D eigenvalue weighted by Gasteiger charge is 2.31. The Hall–Kier alpha value is -1.79. The first-order chi connectivity index (χ1) is 11.3. The van der Waals surface area contributed by atoms with Crippen LogP contribution >= 0.6 is 0 Å². The van der Waals surface area contributed by atoms with Crippen molar-refractivity contribution in [3.8, 4) is 11.5 Å². The predicted molar refractivity (Wildman–Crippen MR) is 93.8 cm³/mol. The summed E-state index contributed by atoms with van der Waals surface area (Å²) in [4.78, 5) is 14.5. The first kappa shape index (κ1) is 18.5. The maximum atomic E-state index is 12.4. The van der Waals surface area contributed by atoms with Gasteiger partial charge in [-0.3, -0.25) is 9.69 Å². The van der Waals surface area contributed by atoms with E-state index in [2.05, 4.69) is 31.0 Å². The quantitative estimate of drug-likeness (QED) is 0.895. The molecule has 1 amide bonds. The van der Waals surface area contributed by atoms with Crippen molar-refractivity contribution in [3.63, 3.8) is 0 Å². The number of nitrogens with zero attached hydrogens (tertiary/aromatic N) is 1. The summed E-state index contributed by atoms with van der Waals surface area (Å²) in [6.45, 7) is 8.96. The van der Waals surface area contributed by atoms with Crippen molar-refractivity contribution in [1.29, 1.82) is 0 Å². The van der Waals surface area contributed by atoms with E-state index in [0.29, 0.717) is 30.3 Å². The Morgan fingerprint density at radius 1 is 1.33 bits per heavy atom. The van der Waals surface area contributed by atoms with Gasteiger partial charge in [0.05, 0.1) is 39.2 Å². The lowest BCUT2D eigenvalue weighted by atomic mass is 9.88. The van der Waals surface area contributed by atoms with Gasteiger partial charge in [0.15, 0.2) is 0 Å². The zero-order valence-electron chi connectivity index (χ0n) is 15.2. The van der Waals surface area contributed by atoms with E-state index in [1.165, 1.54) is 0 Å². The third kappa shape index (κ3) is 4.85. The van der Waals surface area contributed by atoms with Gasteiger partial charge in [-0.1, -0.05) is 20.8 Å². The molecule has 1 saturated heterocycles. The van der Waals surface area contributed by atoms with Crippen molar-refractivity contribution in [3.05, 3.63) is 18.2 Å². The van der Waals surface area contributed by atoms with Gasteiger partial charge in [-0.2, -0.15) is 0 Å². The van der Waals surface area contributed by atoms with E-state index < -0.39 is 0 Å². The van der Waals surface area contributed by atoms with Crippen LogP contribution in [0, 0.1) is 5.41 Å². The molecule has 2 rings (SSSR count). The molecular formula is C18H28N2O4. The molecule has 1 aromatic carbocycles. The number of ether oxygens (including phenoxy) is 3. The summed E-state index contributed by atoms with van der Waals surface area (Å²) in [5.41, 5.74) is 0.674. The molecule has 0 radical (unpaired) electrons. The topological polar surface area (TPSA) is 60.0 Å². The van der Waals surface area contributed by atoms with Crippen molar-refractivity contribution in [2.24, 2.45) is 5.41 Å². The van der Waals surface area contributed by atoms with Gasteiger partial charge in [0.25, 0.3) is 0 Å². The standard InChI is InChI=1S/C18H28N2O4/c1-18(2,3)16-11-20(8-9-24-16)12-17(21)19-14-10-13(22-4)6-7-15(14)23-5/h6-7,10,16H,8-9,11-12H2,1-5H3,(H,19,21). The average molecular weight is 336 g/mol. The minimum Gasteiger partial charge on any atom is -0.497 e. The predicted octanol–water partition coefficient (Wildman–Crippen LogP) is 2.39. The number of anilines is 1. The highest BCUT2D eigenvalue weighted by atomic mass is 16.5. The molecule has 24 heavy (non-hydrogen) atoms. The lowest BCUT2D eigenvalue weighted by Gasteiger charge is -2.39. The molecule has 1 N–H and O–H groups in total. The van der Waals surface area contributed by atoms with Gasteiger partial charge in [0.2, 0.25) is 5.91 Å². The number of rotatable bonds is 5. The van der Waals surface area contributed by atoms with E-state index in [9.17, 15) is 4.79 Å². The van der Waals surface area contributed by atoms with Crippen LogP contribution in [-0.4, -0.2) is 57.4 Å². The Labute approximate surface area is 144 Å². The molecule has 6 heteroatoms. The Balaban J connectivity index is 1.98. The number of morpholine rings is 1. The van der Waals surface area contributed by atoms with Gasteiger partial charge in [0, 0.05) is 19.2 Å². The first-order valence-electron chi connectivity index (χ1n) is 8.19. The SMILES string of the molecule is COc1ccc(OC)c(NC(=O)CN2CCOC(C(C)(C)C)C2)c1. The molecule has 0 bridgehead atoms. The van der Waals surface area contributed by atoms with Crippen LogP contribution in [0.5, 0.6) is 11.5 Å². The van der Waals surface area contributed by atoms with Gasteiger partial charge in [-0.25, -0.2) is 0 Å². The zero-order chi connectivity index (χ0) is 17.7. The summed E-state index contributed by atoms with van der Waals surface area (Å²) in [5.74, 6) is 1.21. The second kappa shape index (κ2) is 7.85. The molecule has 1 atom stereocenters. The van der Waals surface area contributed by atoms with Gasteiger partial charge >= 0.3 is 0 Å². The largest absolute Gasteiger partial charge is 0.497 e. The maximum Gasteiger partial charge on any atom is 0.238 e. The Bertz CT molecular complexity index is 569. The summed E-state index contributed by atoms with van der Waals surface area (Å²) in [7, 11) is 3.17. The van der Waals surface area contributed by atoms with E-state index in [-0.39, 0.29) is 17.4 Å². The third-order valence-corrected chi connectivity index (χ3v) is 4.16.